The van der Waals surface area contributed by atoms with E-state index in [2.05, 4.69) is 4.98 Å². The summed E-state index contributed by atoms with van der Waals surface area (Å²) in [4.78, 5) is 4.39. The van der Waals surface area contributed by atoms with Crippen LogP contribution in [0, 0.1) is 0 Å². The van der Waals surface area contributed by atoms with Crippen molar-refractivity contribution in [3.05, 3.63) is 30.3 Å². The van der Waals surface area contributed by atoms with Crippen molar-refractivity contribution < 1.29 is 4.74 Å². The first-order chi connectivity index (χ1) is 8.83. The third kappa shape index (κ3) is 2.26. The Morgan fingerprint density at radius 1 is 1.06 bits per heavy atom. The molecular weight excluding hydrogens is 224 g/mol. The highest BCUT2D eigenvalue weighted by atomic mass is 16.5. The van der Waals surface area contributed by atoms with Gasteiger partial charge in [0.1, 0.15) is 17.1 Å². The number of hydrogen-bond acceptors (Lipinski definition) is 3. The number of hydrogen-bond donors (Lipinski definition) is 1. The minimum Gasteiger partial charge on any atom is -0.488 e. The van der Waals surface area contributed by atoms with Crippen LogP contribution < -0.4 is 10.5 Å². The van der Waals surface area contributed by atoms with Crippen LogP contribution in [0.2, 0.25) is 0 Å². The first-order valence-corrected chi connectivity index (χ1v) is 6.65. The lowest BCUT2D eigenvalue weighted by atomic mass is 9.98. The van der Waals surface area contributed by atoms with E-state index in [-0.39, 0.29) is 0 Å². The monoisotopic (exact) mass is 242 g/mol. The number of para-hydroxylation sites is 1. The van der Waals surface area contributed by atoms with Crippen molar-refractivity contribution in [2.45, 2.75) is 38.2 Å². The molecule has 3 heteroatoms. The molecule has 1 aromatic heterocycles. The SMILES string of the molecule is Nc1ccc2cccc(OC3CCCCC3)c2n1. The molecule has 0 aliphatic heterocycles. The van der Waals surface area contributed by atoms with E-state index in [4.69, 9.17) is 10.5 Å². The van der Waals surface area contributed by atoms with Gasteiger partial charge in [-0.05, 0) is 43.9 Å². The van der Waals surface area contributed by atoms with Crippen molar-refractivity contribution in [2.75, 3.05) is 5.73 Å². The van der Waals surface area contributed by atoms with Crippen molar-refractivity contribution in [3.63, 3.8) is 0 Å². The van der Waals surface area contributed by atoms with Crippen molar-refractivity contribution in [3.8, 4) is 5.75 Å². The molecule has 1 aliphatic carbocycles. The van der Waals surface area contributed by atoms with Gasteiger partial charge in [0.15, 0.2) is 0 Å². The topological polar surface area (TPSA) is 48.1 Å². The predicted molar refractivity (Wildman–Crippen MR) is 73.7 cm³/mol. The van der Waals surface area contributed by atoms with E-state index in [1.54, 1.807) is 0 Å². The van der Waals surface area contributed by atoms with E-state index in [0.29, 0.717) is 11.9 Å². The number of aromatic nitrogens is 1. The fourth-order valence-electron chi connectivity index (χ4n) is 2.59. The fraction of sp³-hybridized carbons (Fsp3) is 0.400. The Morgan fingerprint density at radius 3 is 2.72 bits per heavy atom. The largest absolute Gasteiger partial charge is 0.488 e. The number of fused-ring (bicyclic) bond motifs is 1. The van der Waals surface area contributed by atoms with Gasteiger partial charge in [-0.15, -0.1) is 0 Å². The second-order valence-corrected chi connectivity index (χ2v) is 4.94. The van der Waals surface area contributed by atoms with E-state index < -0.39 is 0 Å². The third-order valence-electron chi connectivity index (χ3n) is 3.55. The summed E-state index contributed by atoms with van der Waals surface area (Å²) < 4.78 is 6.11. The summed E-state index contributed by atoms with van der Waals surface area (Å²) in [5.74, 6) is 1.41. The Hall–Kier alpha value is -1.77. The lowest BCUT2D eigenvalue weighted by Crippen LogP contribution is -2.19. The molecule has 1 aromatic carbocycles. The van der Waals surface area contributed by atoms with E-state index in [1.807, 2.05) is 30.3 Å². The molecule has 94 valence electrons. The van der Waals surface area contributed by atoms with E-state index in [0.717, 1.165) is 29.5 Å². The van der Waals surface area contributed by atoms with Gasteiger partial charge in [-0.25, -0.2) is 4.98 Å². The second kappa shape index (κ2) is 4.84. The predicted octanol–water partition coefficient (Wildman–Crippen LogP) is 3.53. The lowest BCUT2D eigenvalue weighted by Gasteiger charge is -2.23. The molecule has 3 rings (SSSR count). The van der Waals surface area contributed by atoms with Crippen LogP contribution in [-0.4, -0.2) is 11.1 Å². The molecule has 0 saturated heterocycles. The normalized spacial score (nSPS) is 16.9. The zero-order valence-corrected chi connectivity index (χ0v) is 10.4. The van der Waals surface area contributed by atoms with Gasteiger partial charge in [-0.1, -0.05) is 18.6 Å². The number of ether oxygens (including phenoxy) is 1. The van der Waals surface area contributed by atoms with Crippen molar-refractivity contribution in [1.82, 2.24) is 4.98 Å². The molecule has 0 spiro atoms. The maximum Gasteiger partial charge on any atom is 0.146 e. The summed E-state index contributed by atoms with van der Waals surface area (Å²) in [6.45, 7) is 0. The molecule has 0 bridgehead atoms. The quantitative estimate of drug-likeness (QED) is 0.876. The third-order valence-corrected chi connectivity index (χ3v) is 3.55. The molecule has 3 nitrogen and oxygen atoms in total. The molecule has 0 atom stereocenters. The molecule has 0 amide bonds. The van der Waals surface area contributed by atoms with Crippen LogP contribution in [0.25, 0.3) is 10.9 Å². The maximum atomic E-state index is 6.11. The summed E-state index contributed by atoms with van der Waals surface area (Å²) in [7, 11) is 0. The zero-order valence-electron chi connectivity index (χ0n) is 10.4. The van der Waals surface area contributed by atoms with Crippen LogP contribution in [0.15, 0.2) is 30.3 Å². The molecule has 18 heavy (non-hydrogen) atoms. The van der Waals surface area contributed by atoms with Gasteiger partial charge in [0.05, 0.1) is 6.10 Å². The summed E-state index contributed by atoms with van der Waals surface area (Å²) in [6, 6.07) is 9.86. The molecule has 0 radical (unpaired) electrons. The van der Waals surface area contributed by atoms with Gasteiger partial charge in [0.2, 0.25) is 0 Å². The summed E-state index contributed by atoms with van der Waals surface area (Å²) in [5, 5.41) is 1.08. The molecule has 1 saturated carbocycles. The molecular formula is C15H18N2O. The average molecular weight is 242 g/mol. The minimum absolute atomic E-state index is 0.340. The molecule has 2 N–H and O–H groups in total. The highest BCUT2D eigenvalue weighted by Crippen LogP contribution is 2.29. The van der Waals surface area contributed by atoms with Crippen molar-refractivity contribution >= 4 is 16.7 Å². The van der Waals surface area contributed by atoms with Crippen LogP contribution in [0.1, 0.15) is 32.1 Å². The van der Waals surface area contributed by atoms with E-state index in [1.165, 1.54) is 19.3 Å². The highest BCUT2D eigenvalue weighted by molar-refractivity contribution is 5.85. The molecule has 2 aromatic rings. The van der Waals surface area contributed by atoms with Gasteiger partial charge in [0.25, 0.3) is 0 Å². The fourth-order valence-corrected chi connectivity index (χ4v) is 2.59. The van der Waals surface area contributed by atoms with Gasteiger partial charge >= 0.3 is 0 Å². The van der Waals surface area contributed by atoms with Crippen molar-refractivity contribution in [2.24, 2.45) is 0 Å². The summed E-state index contributed by atoms with van der Waals surface area (Å²) >= 11 is 0. The van der Waals surface area contributed by atoms with E-state index in [9.17, 15) is 0 Å². The summed E-state index contributed by atoms with van der Waals surface area (Å²) in [6.07, 6.45) is 6.51. The maximum absolute atomic E-state index is 6.11. The minimum atomic E-state index is 0.340. The second-order valence-electron chi connectivity index (χ2n) is 4.94. The number of benzene rings is 1. The highest BCUT2D eigenvalue weighted by Gasteiger charge is 2.16. The lowest BCUT2D eigenvalue weighted by molar-refractivity contribution is 0.157. The number of anilines is 1. The Balaban J connectivity index is 1.92. The smallest absolute Gasteiger partial charge is 0.146 e. The van der Waals surface area contributed by atoms with Gasteiger partial charge in [-0.3, -0.25) is 0 Å². The Labute approximate surface area is 107 Å². The molecule has 0 unspecified atom stereocenters. The van der Waals surface area contributed by atoms with Crippen LogP contribution in [0.3, 0.4) is 0 Å². The van der Waals surface area contributed by atoms with Crippen molar-refractivity contribution in [1.29, 1.82) is 0 Å². The van der Waals surface area contributed by atoms with Crippen LogP contribution >= 0.6 is 0 Å². The first kappa shape index (κ1) is 11.3. The summed E-state index contributed by atoms with van der Waals surface area (Å²) in [5.41, 5.74) is 6.64. The number of nitrogen functional groups attached to an aromatic ring is 1. The van der Waals surface area contributed by atoms with Gasteiger partial charge in [0, 0.05) is 5.39 Å². The number of nitrogens with zero attached hydrogens (tertiary/aromatic N) is 1. The Morgan fingerprint density at radius 2 is 1.89 bits per heavy atom. The zero-order chi connectivity index (χ0) is 12.4. The van der Waals surface area contributed by atoms with E-state index >= 15 is 0 Å². The standard InChI is InChI=1S/C15H18N2O/c16-14-10-9-11-5-4-8-13(15(11)17-14)18-12-6-2-1-3-7-12/h4-5,8-10,12H,1-3,6-7H2,(H2,16,17). The Kier molecular flexibility index (Phi) is 3.05. The first-order valence-electron chi connectivity index (χ1n) is 6.65. The number of nitrogens with two attached hydrogens (primary N) is 1. The molecule has 1 fully saturated rings. The van der Waals surface area contributed by atoms with Crippen LogP contribution in [-0.2, 0) is 0 Å². The van der Waals surface area contributed by atoms with Crippen LogP contribution in [0.5, 0.6) is 5.75 Å². The van der Waals surface area contributed by atoms with Gasteiger partial charge in [-0.2, -0.15) is 0 Å². The number of pyridine rings is 1. The molecule has 1 heterocycles. The molecule has 1 aliphatic rings. The number of rotatable bonds is 2. The average Bonchev–Trinajstić information content (AvgIpc) is 2.41. The van der Waals surface area contributed by atoms with Gasteiger partial charge < -0.3 is 10.5 Å². The Bertz CT molecular complexity index is 547. The van der Waals surface area contributed by atoms with Crippen LogP contribution in [0.4, 0.5) is 5.82 Å².